The second-order valence-electron chi connectivity index (χ2n) is 5.14. The van der Waals surface area contributed by atoms with Crippen molar-refractivity contribution in [3.8, 4) is 5.88 Å². The number of carbonyl (C=O) groups is 1. The van der Waals surface area contributed by atoms with Crippen LogP contribution in [0.5, 0.6) is 5.88 Å². The van der Waals surface area contributed by atoms with Crippen LogP contribution in [-0.4, -0.2) is 29.5 Å². The van der Waals surface area contributed by atoms with E-state index in [0.717, 1.165) is 18.5 Å². The molecule has 2 aromatic rings. The number of methoxy groups -OCH3 is 1. The fourth-order valence-corrected chi connectivity index (χ4v) is 2.64. The Morgan fingerprint density at radius 3 is 2.95 bits per heavy atom. The summed E-state index contributed by atoms with van der Waals surface area (Å²) in [5.41, 5.74) is 3.77. The lowest BCUT2D eigenvalue weighted by atomic mass is 9.99. The van der Waals surface area contributed by atoms with Gasteiger partial charge >= 0.3 is 0 Å². The van der Waals surface area contributed by atoms with E-state index < -0.39 is 0 Å². The highest BCUT2D eigenvalue weighted by Crippen LogP contribution is 2.29. The summed E-state index contributed by atoms with van der Waals surface area (Å²) in [5, 5.41) is 0. The quantitative estimate of drug-likeness (QED) is 0.849. The minimum absolute atomic E-state index is 0.111. The van der Waals surface area contributed by atoms with Crippen molar-refractivity contribution in [2.45, 2.75) is 19.8 Å². The summed E-state index contributed by atoms with van der Waals surface area (Å²) in [4.78, 5) is 22.5. The van der Waals surface area contributed by atoms with E-state index in [1.54, 1.807) is 11.0 Å². The van der Waals surface area contributed by atoms with Crippen LogP contribution in [0, 0.1) is 6.92 Å². The third kappa shape index (κ3) is 2.59. The topological polar surface area (TPSA) is 55.3 Å². The second-order valence-corrected chi connectivity index (χ2v) is 5.14. The Morgan fingerprint density at radius 1 is 1.29 bits per heavy atom. The van der Waals surface area contributed by atoms with Crippen LogP contribution < -0.4 is 9.64 Å². The number of ether oxygens (including phenoxy) is 1. The molecule has 108 valence electrons. The SMILES string of the molecule is COc1cc(C(=O)N2CCCc3cc(C)ccc32)ncn1. The van der Waals surface area contributed by atoms with Gasteiger partial charge in [-0.2, -0.15) is 0 Å². The number of hydrogen-bond acceptors (Lipinski definition) is 4. The van der Waals surface area contributed by atoms with Gasteiger partial charge in [0.15, 0.2) is 0 Å². The van der Waals surface area contributed by atoms with Gasteiger partial charge in [0.2, 0.25) is 5.88 Å². The average molecular weight is 283 g/mol. The van der Waals surface area contributed by atoms with Crippen molar-refractivity contribution in [1.29, 1.82) is 0 Å². The van der Waals surface area contributed by atoms with Gasteiger partial charge in [-0.15, -0.1) is 0 Å². The largest absolute Gasteiger partial charge is 0.481 e. The standard InChI is InChI=1S/C16H17N3O2/c1-11-5-6-14-12(8-11)4-3-7-19(14)16(20)13-9-15(21-2)18-10-17-13/h5-6,8-10H,3-4,7H2,1-2H3. The minimum Gasteiger partial charge on any atom is -0.481 e. The first-order valence-electron chi connectivity index (χ1n) is 6.96. The first kappa shape index (κ1) is 13.5. The number of amides is 1. The van der Waals surface area contributed by atoms with Crippen LogP contribution in [-0.2, 0) is 6.42 Å². The van der Waals surface area contributed by atoms with Gasteiger partial charge < -0.3 is 9.64 Å². The van der Waals surface area contributed by atoms with E-state index in [9.17, 15) is 4.79 Å². The van der Waals surface area contributed by atoms with Crippen LogP contribution in [0.1, 0.15) is 28.0 Å². The molecule has 3 rings (SSSR count). The van der Waals surface area contributed by atoms with Gasteiger partial charge in [-0.25, -0.2) is 9.97 Å². The lowest BCUT2D eigenvalue weighted by molar-refractivity contribution is 0.0979. The summed E-state index contributed by atoms with van der Waals surface area (Å²) >= 11 is 0. The molecule has 5 heteroatoms. The maximum Gasteiger partial charge on any atom is 0.277 e. The third-order valence-corrected chi connectivity index (χ3v) is 3.67. The summed E-state index contributed by atoms with van der Waals surface area (Å²) < 4.78 is 5.06. The smallest absolute Gasteiger partial charge is 0.277 e. The van der Waals surface area contributed by atoms with E-state index in [-0.39, 0.29) is 5.91 Å². The number of aromatic nitrogens is 2. The predicted molar refractivity (Wildman–Crippen MR) is 79.8 cm³/mol. The highest BCUT2D eigenvalue weighted by atomic mass is 16.5. The van der Waals surface area contributed by atoms with Gasteiger partial charge in [-0.1, -0.05) is 17.7 Å². The van der Waals surface area contributed by atoms with Gasteiger partial charge in [-0.05, 0) is 31.4 Å². The molecule has 0 aliphatic carbocycles. The number of benzene rings is 1. The maximum atomic E-state index is 12.7. The molecule has 1 aromatic heterocycles. The molecule has 0 N–H and O–H groups in total. The zero-order valence-corrected chi connectivity index (χ0v) is 12.2. The highest BCUT2D eigenvalue weighted by Gasteiger charge is 2.24. The minimum atomic E-state index is -0.111. The lowest BCUT2D eigenvalue weighted by Gasteiger charge is -2.29. The van der Waals surface area contributed by atoms with Gasteiger partial charge in [0.1, 0.15) is 12.0 Å². The Bertz CT molecular complexity index is 685. The molecule has 1 amide bonds. The molecule has 0 radical (unpaired) electrons. The monoisotopic (exact) mass is 283 g/mol. The Hall–Kier alpha value is -2.43. The van der Waals surface area contributed by atoms with Gasteiger partial charge in [0, 0.05) is 18.3 Å². The zero-order valence-electron chi connectivity index (χ0n) is 12.2. The van der Waals surface area contributed by atoms with Crippen LogP contribution in [0.3, 0.4) is 0 Å². The molecule has 0 saturated heterocycles. The molecule has 0 atom stereocenters. The highest BCUT2D eigenvalue weighted by molar-refractivity contribution is 6.05. The Balaban J connectivity index is 1.96. The van der Waals surface area contributed by atoms with E-state index in [0.29, 0.717) is 18.1 Å². The number of hydrogen-bond donors (Lipinski definition) is 0. The van der Waals surface area contributed by atoms with Gasteiger partial charge in [0.25, 0.3) is 5.91 Å². The molecule has 1 aliphatic rings. The first-order valence-corrected chi connectivity index (χ1v) is 6.96. The average Bonchev–Trinajstić information content (AvgIpc) is 2.53. The van der Waals surface area contributed by atoms with Crippen LogP contribution in [0.2, 0.25) is 0 Å². The van der Waals surface area contributed by atoms with Crippen LogP contribution in [0.15, 0.2) is 30.6 Å². The summed E-state index contributed by atoms with van der Waals surface area (Å²) in [5.74, 6) is 0.287. The number of rotatable bonds is 2. The Labute approximate surface area is 123 Å². The Kier molecular flexibility index (Phi) is 3.56. The molecule has 2 heterocycles. The van der Waals surface area contributed by atoms with Crippen molar-refractivity contribution >= 4 is 11.6 Å². The molecule has 0 saturated carbocycles. The molecule has 21 heavy (non-hydrogen) atoms. The van der Waals surface area contributed by atoms with Gasteiger partial charge in [-0.3, -0.25) is 4.79 Å². The van der Waals surface area contributed by atoms with Crippen LogP contribution >= 0.6 is 0 Å². The number of fused-ring (bicyclic) bond motifs is 1. The number of anilines is 1. The predicted octanol–water partition coefficient (Wildman–Crippen LogP) is 2.39. The molecule has 0 spiro atoms. The molecule has 1 aromatic carbocycles. The molecule has 0 bridgehead atoms. The molecule has 0 fully saturated rings. The second kappa shape index (κ2) is 5.52. The van der Waals surface area contributed by atoms with E-state index >= 15 is 0 Å². The zero-order chi connectivity index (χ0) is 14.8. The van der Waals surface area contributed by atoms with Crippen molar-refractivity contribution < 1.29 is 9.53 Å². The van der Waals surface area contributed by atoms with Crippen molar-refractivity contribution in [2.75, 3.05) is 18.6 Å². The summed E-state index contributed by atoms with van der Waals surface area (Å²) in [6.07, 6.45) is 3.32. The fourth-order valence-electron chi connectivity index (χ4n) is 2.64. The van der Waals surface area contributed by atoms with E-state index in [1.807, 2.05) is 12.1 Å². The van der Waals surface area contributed by atoms with Crippen molar-refractivity contribution in [1.82, 2.24) is 9.97 Å². The molecule has 5 nitrogen and oxygen atoms in total. The summed E-state index contributed by atoms with van der Waals surface area (Å²) in [7, 11) is 1.52. The molecule has 0 unspecified atom stereocenters. The van der Waals surface area contributed by atoms with Gasteiger partial charge in [0.05, 0.1) is 7.11 Å². The molecular weight excluding hydrogens is 266 g/mol. The fraction of sp³-hybridized carbons (Fsp3) is 0.312. The van der Waals surface area contributed by atoms with Crippen molar-refractivity contribution in [3.05, 3.63) is 47.4 Å². The first-order chi connectivity index (χ1) is 10.2. The maximum absolute atomic E-state index is 12.7. The number of aryl methyl sites for hydroxylation is 2. The van der Waals surface area contributed by atoms with Crippen molar-refractivity contribution in [3.63, 3.8) is 0 Å². The van der Waals surface area contributed by atoms with E-state index in [1.165, 1.54) is 24.6 Å². The lowest BCUT2D eigenvalue weighted by Crippen LogP contribution is -2.36. The van der Waals surface area contributed by atoms with Crippen molar-refractivity contribution in [2.24, 2.45) is 0 Å². The summed E-state index contributed by atoms with van der Waals surface area (Å²) in [6, 6.07) is 7.77. The normalized spacial score (nSPS) is 13.7. The number of carbonyl (C=O) groups excluding carboxylic acids is 1. The van der Waals surface area contributed by atoms with Crippen LogP contribution in [0.25, 0.3) is 0 Å². The summed E-state index contributed by atoms with van der Waals surface area (Å²) in [6.45, 7) is 2.78. The van der Waals surface area contributed by atoms with E-state index in [4.69, 9.17) is 4.74 Å². The van der Waals surface area contributed by atoms with E-state index in [2.05, 4.69) is 23.0 Å². The molecular formula is C16H17N3O2. The molecule has 1 aliphatic heterocycles. The number of nitrogens with zero attached hydrogens (tertiary/aromatic N) is 3. The van der Waals surface area contributed by atoms with Crippen LogP contribution in [0.4, 0.5) is 5.69 Å². The third-order valence-electron chi connectivity index (χ3n) is 3.67. The Morgan fingerprint density at radius 2 is 2.14 bits per heavy atom.